The van der Waals surface area contributed by atoms with Crippen molar-refractivity contribution in [2.75, 3.05) is 18.5 Å². The summed E-state index contributed by atoms with van der Waals surface area (Å²) in [5.41, 5.74) is 4.92. The number of rotatable bonds is 8. The van der Waals surface area contributed by atoms with Gasteiger partial charge in [0.15, 0.2) is 0 Å². The molecule has 7 nitrogen and oxygen atoms in total. The van der Waals surface area contributed by atoms with Crippen LogP contribution in [0.3, 0.4) is 0 Å². The highest BCUT2D eigenvalue weighted by atomic mass is 127. The van der Waals surface area contributed by atoms with Crippen LogP contribution in [0.5, 0.6) is 11.5 Å². The van der Waals surface area contributed by atoms with Gasteiger partial charge in [-0.15, -0.1) is 6.42 Å². The molecule has 3 aromatic carbocycles. The van der Waals surface area contributed by atoms with Crippen molar-refractivity contribution in [2.24, 2.45) is 0 Å². The second-order valence-corrected chi connectivity index (χ2v) is 9.75. The minimum atomic E-state index is -0.729. The minimum Gasteiger partial charge on any atom is -0.490 e. The van der Waals surface area contributed by atoms with Crippen LogP contribution >= 0.6 is 38.5 Å². The number of ether oxygens (including phenoxy) is 2. The summed E-state index contributed by atoms with van der Waals surface area (Å²) in [6.07, 6.45) is 6.24. The van der Waals surface area contributed by atoms with Crippen LogP contribution in [0.2, 0.25) is 0 Å². The number of nitrogens with zero attached hydrogens (tertiary/aromatic N) is 1. The number of benzene rings is 3. The number of nitrogens with one attached hydrogen (secondary N) is 2. The number of anilines is 1. The van der Waals surface area contributed by atoms with Crippen LogP contribution in [0.1, 0.15) is 32.4 Å². The number of fused-ring (bicyclic) bond motifs is 1. The molecule has 0 unspecified atom stereocenters. The molecule has 0 radical (unpaired) electrons. The first-order valence-corrected chi connectivity index (χ1v) is 12.7. The zero-order valence-electron chi connectivity index (χ0n) is 19.0. The van der Waals surface area contributed by atoms with E-state index in [-0.39, 0.29) is 12.5 Å². The zero-order chi connectivity index (χ0) is 25.7. The van der Waals surface area contributed by atoms with Gasteiger partial charge in [0.1, 0.15) is 30.9 Å². The maximum Gasteiger partial charge on any atom is 0.276 e. The topological polar surface area (TPSA) is 79.9 Å². The van der Waals surface area contributed by atoms with E-state index in [2.05, 4.69) is 61.8 Å². The molecule has 0 aromatic heterocycles. The van der Waals surface area contributed by atoms with Crippen LogP contribution in [0.25, 0.3) is 0 Å². The van der Waals surface area contributed by atoms with E-state index in [1.54, 1.807) is 54.6 Å². The Kier molecular flexibility index (Phi) is 8.18. The lowest BCUT2D eigenvalue weighted by atomic mass is 10.0. The van der Waals surface area contributed by atoms with Gasteiger partial charge in [0.2, 0.25) is 0 Å². The number of halogens is 2. The normalized spacial score (nSPS) is 14.2. The molecular formula is C27H21BrIN3O4. The Labute approximate surface area is 231 Å². The molecule has 182 valence electrons. The smallest absolute Gasteiger partial charge is 0.276 e. The fourth-order valence-corrected chi connectivity index (χ4v) is 4.54. The Morgan fingerprint density at radius 3 is 2.64 bits per heavy atom. The van der Waals surface area contributed by atoms with Crippen LogP contribution < -0.4 is 20.2 Å². The second kappa shape index (κ2) is 11.5. The van der Waals surface area contributed by atoms with Gasteiger partial charge in [0, 0.05) is 24.9 Å². The van der Waals surface area contributed by atoms with Gasteiger partial charge < -0.3 is 14.8 Å². The Morgan fingerprint density at radius 2 is 1.92 bits per heavy atom. The van der Waals surface area contributed by atoms with E-state index in [1.165, 1.54) is 5.01 Å². The Bertz CT molecular complexity index is 1350. The molecule has 2 amide bonds. The molecule has 0 aliphatic carbocycles. The van der Waals surface area contributed by atoms with Gasteiger partial charge in [-0.3, -0.25) is 15.0 Å². The van der Waals surface area contributed by atoms with E-state index in [1.807, 2.05) is 12.1 Å². The van der Waals surface area contributed by atoms with Gasteiger partial charge in [-0.2, -0.15) is 0 Å². The minimum absolute atomic E-state index is 0.103. The summed E-state index contributed by atoms with van der Waals surface area (Å²) in [4.78, 5) is 26.8. The average Bonchev–Trinajstić information content (AvgIpc) is 2.89. The third-order valence-electron chi connectivity index (χ3n) is 5.27. The van der Waals surface area contributed by atoms with Gasteiger partial charge in [-0.05, 0) is 83.3 Å². The Hall–Kier alpha value is -3.49. The van der Waals surface area contributed by atoms with Crippen LogP contribution in [0, 0.1) is 15.9 Å². The number of amides is 2. The molecule has 4 rings (SSSR count). The lowest BCUT2D eigenvalue weighted by Crippen LogP contribution is -2.53. The van der Waals surface area contributed by atoms with E-state index < -0.39 is 12.1 Å². The average molecular weight is 658 g/mol. The molecule has 0 bridgehead atoms. The summed E-state index contributed by atoms with van der Waals surface area (Å²) in [7, 11) is 0. The number of terminal acetylenes is 1. The van der Waals surface area contributed by atoms with Crippen molar-refractivity contribution in [1.82, 2.24) is 10.4 Å². The van der Waals surface area contributed by atoms with E-state index >= 15 is 0 Å². The molecule has 1 aliphatic heterocycles. The highest BCUT2D eigenvalue weighted by Crippen LogP contribution is 2.37. The molecule has 36 heavy (non-hydrogen) atoms. The monoisotopic (exact) mass is 657 g/mol. The fourth-order valence-electron chi connectivity index (χ4n) is 3.59. The zero-order valence-corrected chi connectivity index (χ0v) is 22.7. The predicted molar refractivity (Wildman–Crippen MR) is 150 cm³/mol. The molecule has 0 spiro atoms. The summed E-state index contributed by atoms with van der Waals surface area (Å²) >= 11 is 5.71. The molecule has 0 saturated heterocycles. The maximum absolute atomic E-state index is 13.6. The van der Waals surface area contributed by atoms with Crippen molar-refractivity contribution in [3.8, 4) is 23.8 Å². The quantitative estimate of drug-likeness (QED) is 0.189. The first-order chi connectivity index (χ1) is 17.4. The molecule has 1 aliphatic rings. The number of hydrogen-bond acceptors (Lipinski definition) is 5. The van der Waals surface area contributed by atoms with E-state index in [9.17, 15) is 9.59 Å². The van der Waals surface area contributed by atoms with Gasteiger partial charge >= 0.3 is 0 Å². The maximum atomic E-state index is 13.6. The summed E-state index contributed by atoms with van der Waals surface area (Å²) in [6, 6.07) is 17.5. The second-order valence-electron chi connectivity index (χ2n) is 7.65. The molecule has 0 saturated carbocycles. The number of carbonyl (C=O) groups is 2. The van der Waals surface area contributed by atoms with Gasteiger partial charge in [0.25, 0.3) is 11.8 Å². The first-order valence-electron chi connectivity index (χ1n) is 10.8. The number of hydrazine groups is 1. The Morgan fingerprint density at radius 1 is 1.17 bits per heavy atom. The summed E-state index contributed by atoms with van der Waals surface area (Å²) in [5.74, 6) is 2.78. The SMILES string of the molecule is C#CCOc1ccc(Br)c([C@H]2Nc3ccc(I)cc3C(=O)N2NC(=O)c2ccc(OCC=C)cc2)c1. The predicted octanol–water partition coefficient (Wildman–Crippen LogP) is 5.54. The van der Waals surface area contributed by atoms with Crippen molar-refractivity contribution in [1.29, 1.82) is 0 Å². The van der Waals surface area contributed by atoms with Crippen LogP contribution in [0.4, 0.5) is 5.69 Å². The molecular weight excluding hydrogens is 637 g/mol. The van der Waals surface area contributed by atoms with Crippen molar-refractivity contribution >= 4 is 56.0 Å². The van der Waals surface area contributed by atoms with E-state index in [4.69, 9.17) is 15.9 Å². The lowest BCUT2D eigenvalue weighted by Gasteiger charge is -2.38. The summed E-state index contributed by atoms with van der Waals surface area (Å²) in [6.45, 7) is 4.08. The third-order valence-corrected chi connectivity index (χ3v) is 6.66. The fraction of sp³-hybridized carbons (Fsp3) is 0.111. The highest BCUT2D eigenvalue weighted by molar-refractivity contribution is 14.1. The van der Waals surface area contributed by atoms with Crippen LogP contribution in [0.15, 0.2) is 77.8 Å². The number of hydrogen-bond donors (Lipinski definition) is 2. The van der Waals surface area contributed by atoms with E-state index in [0.717, 1.165) is 8.04 Å². The Balaban J connectivity index is 1.68. The lowest BCUT2D eigenvalue weighted by molar-refractivity contribution is 0.0490. The van der Waals surface area contributed by atoms with Crippen molar-refractivity contribution in [3.05, 3.63) is 98.1 Å². The summed E-state index contributed by atoms with van der Waals surface area (Å²) in [5, 5.41) is 4.65. The van der Waals surface area contributed by atoms with Crippen molar-refractivity contribution in [2.45, 2.75) is 6.17 Å². The van der Waals surface area contributed by atoms with Crippen LogP contribution in [-0.4, -0.2) is 30.0 Å². The largest absolute Gasteiger partial charge is 0.490 e. The third kappa shape index (κ3) is 5.66. The molecule has 3 aromatic rings. The molecule has 9 heteroatoms. The van der Waals surface area contributed by atoms with Gasteiger partial charge in [0.05, 0.1) is 5.56 Å². The summed E-state index contributed by atoms with van der Waals surface area (Å²) < 4.78 is 12.7. The molecule has 1 heterocycles. The van der Waals surface area contributed by atoms with Crippen LogP contribution in [-0.2, 0) is 0 Å². The molecule has 0 fully saturated rings. The van der Waals surface area contributed by atoms with Crippen molar-refractivity contribution in [3.63, 3.8) is 0 Å². The highest BCUT2D eigenvalue weighted by Gasteiger charge is 2.36. The molecule has 1 atom stereocenters. The standard InChI is InChI=1S/C27H21BrIN3O4/c1-3-13-35-19-8-5-17(6-9-19)26(33)31-32-25(21-16-20(36-14-4-2)10-11-23(21)28)30-24-12-7-18(29)15-22(24)27(32)34/h2-3,5-12,15-16,25,30H,1,13-14H2,(H,31,33)/t25-/m0/s1. The van der Waals surface area contributed by atoms with Gasteiger partial charge in [-0.25, -0.2) is 5.01 Å². The first kappa shape index (κ1) is 25.6. The number of carbonyl (C=O) groups excluding carboxylic acids is 2. The van der Waals surface area contributed by atoms with Gasteiger partial charge in [-0.1, -0.05) is 34.5 Å². The molecule has 2 N–H and O–H groups in total. The van der Waals surface area contributed by atoms with E-state index in [0.29, 0.717) is 40.5 Å². The van der Waals surface area contributed by atoms with Crippen molar-refractivity contribution < 1.29 is 19.1 Å².